The standard InChI is InChI=1S/C19H26O3/c1-12-9-15-16(19(5,6)8-7-18(15,3)4)10-14(12)17(21)11-22-13(2)20/h9-10H,7-8,11H2,1-6H3. The number of Topliss-reactive ketones (excluding diaryl/α,β-unsaturated/α-hetero) is 1. The van der Waals surface area contributed by atoms with Crippen LogP contribution in [0.3, 0.4) is 0 Å². The lowest BCUT2D eigenvalue weighted by Crippen LogP contribution is -2.34. The normalized spacial score (nSPS) is 18.5. The van der Waals surface area contributed by atoms with Gasteiger partial charge in [0.05, 0.1) is 0 Å². The smallest absolute Gasteiger partial charge is 0.303 e. The van der Waals surface area contributed by atoms with E-state index in [0.717, 1.165) is 18.4 Å². The summed E-state index contributed by atoms with van der Waals surface area (Å²) in [4.78, 5) is 23.3. The summed E-state index contributed by atoms with van der Waals surface area (Å²) in [5, 5.41) is 0. The van der Waals surface area contributed by atoms with Crippen molar-refractivity contribution < 1.29 is 14.3 Å². The number of hydrogen-bond donors (Lipinski definition) is 0. The Morgan fingerprint density at radius 2 is 1.55 bits per heavy atom. The second kappa shape index (κ2) is 5.53. The fourth-order valence-electron chi connectivity index (χ4n) is 3.27. The van der Waals surface area contributed by atoms with Crippen LogP contribution < -0.4 is 0 Å². The molecule has 0 unspecified atom stereocenters. The Balaban J connectivity index is 2.48. The van der Waals surface area contributed by atoms with Crippen molar-refractivity contribution >= 4 is 11.8 Å². The zero-order chi connectivity index (χ0) is 16.7. The third kappa shape index (κ3) is 3.08. The number of esters is 1. The molecule has 1 aliphatic carbocycles. The van der Waals surface area contributed by atoms with Gasteiger partial charge in [-0.1, -0.05) is 33.8 Å². The van der Waals surface area contributed by atoms with E-state index in [1.54, 1.807) is 0 Å². The summed E-state index contributed by atoms with van der Waals surface area (Å²) in [5.74, 6) is -0.555. The maximum Gasteiger partial charge on any atom is 0.303 e. The second-order valence-corrected chi connectivity index (χ2v) is 7.68. The van der Waals surface area contributed by atoms with Gasteiger partial charge in [0.25, 0.3) is 0 Å². The molecule has 0 heterocycles. The van der Waals surface area contributed by atoms with Crippen LogP contribution in [0.15, 0.2) is 12.1 Å². The molecule has 0 amide bonds. The van der Waals surface area contributed by atoms with Crippen LogP contribution in [0.1, 0.15) is 74.5 Å². The third-order valence-electron chi connectivity index (χ3n) is 4.90. The second-order valence-electron chi connectivity index (χ2n) is 7.68. The maximum absolute atomic E-state index is 12.4. The van der Waals surface area contributed by atoms with Gasteiger partial charge in [-0.05, 0) is 53.4 Å². The Labute approximate surface area is 133 Å². The molecule has 3 nitrogen and oxygen atoms in total. The highest BCUT2D eigenvalue weighted by Gasteiger charge is 2.37. The van der Waals surface area contributed by atoms with Crippen LogP contribution in [0.4, 0.5) is 0 Å². The molecule has 0 bridgehead atoms. The van der Waals surface area contributed by atoms with Crippen LogP contribution in [0.25, 0.3) is 0 Å². The number of aryl methyl sites for hydroxylation is 1. The minimum Gasteiger partial charge on any atom is -0.457 e. The van der Waals surface area contributed by atoms with E-state index in [2.05, 4.69) is 33.8 Å². The van der Waals surface area contributed by atoms with Crippen molar-refractivity contribution in [2.24, 2.45) is 0 Å². The average Bonchev–Trinajstić information content (AvgIpc) is 2.41. The van der Waals surface area contributed by atoms with Crippen molar-refractivity contribution in [3.63, 3.8) is 0 Å². The van der Waals surface area contributed by atoms with Crippen molar-refractivity contribution in [3.05, 3.63) is 34.4 Å². The van der Waals surface area contributed by atoms with E-state index in [9.17, 15) is 9.59 Å². The molecule has 0 N–H and O–H groups in total. The van der Waals surface area contributed by atoms with Gasteiger partial charge in [-0.3, -0.25) is 9.59 Å². The van der Waals surface area contributed by atoms with Gasteiger partial charge in [0.1, 0.15) is 0 Å². The number of benzene rings is 1. The van der Waals surface area contributed by atoms with Crippen LogP contribution >= 0.6 is 0 Å². The summed E-state index contributed by atoms with van der Waals surface area (Å²) in [6.45, 7) is 12.1. The number of fused-ring (bicyclic) bond motifs is 1. The first-order valence-electron chi connectivity index (χ1n) is 7.87. The first-order valence-corrected chi connectivity index (χ1v) is 7.87. The van der Waals surface area contributed by atoms with Crippen LogP contribution in [0.2, 0.25) is 0 Å². The van der Waals surface area contributed by atoms with Gasteiger partial charge in [-0.15, -0.1) is 0 Å². The zero-order valence-corrected chi connectivity index (χ0v) is 14.5. The van der Waals surface area contributed by atoms with Crippen molar-refractivity contribution in [2.75, 3.05) is 6.61 Å². The van der Waals surface area contributed by atoms with Gasteiger partial charge in [0.15, 0.2) is 6.61 Å². The van der Waals surface area contributed by atoms with Gasteiger partial charge in [0, 0.05) is 12.5 Å². The first kappa shape index (κ1) is 16.7. The van der Waals surface area contributed by atoms with E-state index in [-0.39, 0.29) is 23.2 Å². The number of hydrogen-bond acceptors (Lipinski definition) is 3. The van der Waals surface area contributed by atoms with Crippen molar-refractivity contribution in [3.8, 4) is 0 Å². The third-order valence-corrected chi connectivity index (χ3v) is 4.90. The summed E-state index contributed by atoms with van der Waals surface area (Å²) in [6, 6.07) is 4.18. The molecule has 1 aromatic carbocycles. The fourth-order valence-corrected chi connectivity index (χ4v) is 3.27. The molecule has 0 atom stereocenters. The van der Waals surface area contributed by atoms with Gasteiger partial charge < -0.3 is 4.74 Å². The van der Waals surface area contributed by atoms with Crippen molar-refractivity contribution in [2.45, 2.75) is 65.2 Å². The van der Waals surface area contributed by atoms with Gasteiger partial charge in [-0.25, -0.2) is 0 Å². The molecule has 0 saturated carbocycles. The van der Waals surface area contributed by atoms with E-state index in [1.165, 1.54) is 18.1 Å². The maximum atomic E-state index is 12.4. The quantitative estimate of drug-likeness (QED) is 0.624. The van der Waals surface area contributed by atoms with Crippen LogP contribution in [-0.4, -0.2) is 18.4 Å². The van der Waals surface area contributed by atoms with E-state index in [0.29, 0.717) is 5.56 Å². The largest absolute Gasteiger partial charge is 0.457 e. The van der Waals surface area contributed by atoms with E-state index in [4.69, 9.17) is 4.74 Å². The summed E-state index contributed by atoms with van der Waals surface area (Å²) >= 11 is 0. The number of rotatable bonds is 3. The van der Waals surface area contributed by atoms with Crippen LogP contribution in [0, 0.1) is 6.92 Å². The van der Waals surface area contributed by atoms with Gasteiger partial charge >= 0.3 is 5.97 Å². The predicted octanol–water partition coefficient (Wildman–Crippen LogP) is 4.09. The molecule has 0 saturated heterocycles. The summed E-state index contributed by atoms with van der Waals surface area (Å²) < 4.78 is 4.86. The fraction of sp³-hybridized carbons (Fsp3) is 0.579. The Hall–Kier alpha value is -1.64. The molecule has 2 rings (SSSR count). The minimum atomic E-state index is -0.426. The SMILES string of the molecule is CC(=O)OCC(=O)c1cc2c(cc1C)C(C)(C)CCC2(C)C. The van der Waals surface area contributed by atoms with Crippen molar-refractivity contribution in [1.29, 1.82) is 0 Å². The number of ether oxygens (including phenoxy) is 1. The van der Waals surface area contributed by atoms with Gasteiger partial charge in [-0.2, -0.15) is 0 Å². The highest BCUT2D eigenvalue weighted by Crippen LogP contribution is 2.46. The highest BCUT2D eigenvalue weighted by atomic mass is 16.5. The Morgan fingerprint density at radius 1 is 1.05 bits per heavy atom. The molecule has 120 valence electrons. The molecular formula is C19H26O3. The topological polar surface area (TPSA) is 43.4 Å². The molecule has 0 aromatic heterocycles. The minimum absolute atomic E-state index is 0.0645. The Morgan fingerprint density at radius 3 is 2.05 bits per heavy atom. The lowest BCUT2D eigenvalue weighted by Gasteiger charge is -2.42. The molecule has 0 spiro atoms. The summed E-state index contributed by atoms with van der Waals surface area (Å²) in [5.41, 5.74) is 4.42. The number of carbonyl (C=O) groups is 2. The number of ketones is 1. The number of carbonyl (C=O) groups excluding carboxylic acids is 2. The lowest BCUT2D eigenvalue weighted by atomic mass is 9.62. The molecule has 1 aromatic rings. The molecular weight excluding hydrogens is 276 g/mol. The Kier molecular flexibility index (Phi) is 4.20. The molecule has 3 heteroatoms. The summed E-state index contributed by atoms with van der Waals surface area (Å²) in [7, 11) is 0. The molecule has 22 heavy (non-hydrogen) atoms. The van der Waals surface area contributed by atoms with E-state index >= 15 is 0 Å². The predicted molar refractivity (Wildman–Crippen MR) is 87.4 cm³/mol. The molecule has 0 fully saturated rings. The first-order chi connectivity index (χ1) is 10.0. The monoisotopic (exact) mass is 302 g/mol. The Bertz CT molecular complexity index is 624. The zero-order valence-electron chi connectivity index (χ0n) is 14.5. The summed E-state index contributed by atoms with van der Waals surface area (Å²) in [6.07, 6.45) is 2.25. The molecule has 1 aliphatic rings. The lowest BCUT2D eigenvalue weighted by molar-refractivity contribution is -0.139. The van der Waals surface area contributed by atoms with Crippen LogP contribution in [-0.2, 0) is 20.4 Å². The average molecular weight is 302 g/mol. The van der Waals surface area contributed by atoms with Crippen molar-refractivity contribution in [1.82, 2.24) is 0 Å². The molecule has 0 aliphatic heterocycles. The highest BCUT2D eigenvalue weighted by molar-refractivity contribution is 5.99. The van der Waals surface area contributed by atoms with Gasteiger partial charge in [0.2, 0.25) is 5.78 Å². The van der Waals surface area contributed by atoms with Crippen LogP contribution in [0.5, 0.6) is 0 Å². The molecule has 0 radical (unpaired) electrons. The van der Waals surface area contributed by atoms with E-state index < -0.39 is 5.97 Å². The van der Waals surface area contributed by atoms with E-state index in [1.807, 2.05) is 13.0 Å².